The molecule has 1 unspecified atom stereocenters. The van der Waals surface area contributed by atoms with Crippen molar-refractivity contribution in [2.45, 2.75) is 25.9 Å². The van der Waals surface area contributed by atoms with Crippen molar-refractivity contribution in [3.8, 4) is 0 Å². The molecule has 0 saturated heterocycles. The zero-order chi connectivity index (χ0) is 13.1. The summed E-state index contributed by atoms with van der Waals surface area (Å²) in [6.45, 7) is 2.85. The molecule has 0 radical (unpaired) electrons. The van der Waals surface area contributed by atoms with E-state index in [1.165, 1.54) is 6.07 Å². The van der Waals surface area contributed by atoms with Crippen LogP contribution in [-0.2, 0) is 6.54 Å². The van der Waals surface area contributed by atoms with E-state index in [4.69, 9.17) is 5.73 Å². The lowest BCUT2D eigenvalue weighted by Crippen LogP contribution is -2.18. The molecule has 2 rings (SSSR count). The second-order valence-electron chi connectivity index (χ2n) is 4.12. The standard InChI is InChI=1S/C13H15BrFN3/c1-2-7-18-12(5-6-17-18)13(16)10-8-9(14)3-4-11(10)15/h3-6,8,13H,2,7,16H2,1H3. The molecule has 0 fully saturated rings. The van der Waals surface area contributed by atoms with Gasteiger partial charge in [0.15, 0.2) is 0 Å². The van der Waals surface area contributed by atoms with Crippen LogP contribution < -0.4 is 5.73 Å². The van der Waals surface area contributed by atoms with Crippen molar-refractivity contribution in [1.29, 1.82) is 0 Å². The zero-order valence-corrected chi connectivity index (χ0v) is 11.7. The second-order valence-corrected chi connectivity index (χ2v) is 5.04. The molecule has 5 heteroatoms. The Kier molecular flexibility index (Phi) is 4.14. The van der Waals surface area contributed by atoms with Crippen molar-refractivity contribution < 1.29 is 4.39 Å². The van der Waals surface area contributed by atoms with Gasteiger partial charge in [0.25, 0.3) is 0 Å². The van der Waals surface area contributed by atoms with Crippen molar-refractivity contribution in [3.63, 3.8) is 0 Å². The molecule has 0 bridgehead atoms. The van der Waals surface area contributed by atoms with Gasteiger partial charge in [-0.1, -0.05) is 22.9 Å². The summed E-state index contributed by atoms with van der Waals surface area (Å²) in [5, 5.41) is 4.21. The number of rotatable bonds is 4. The van der Waals surface area contributed by atoms with Crippen LogP contribution in [0.25, 0.3) is 0 Å². The number of nitrogens with two attached hydrogens (primary N) is 1. The number of aryl methyl sites for hydroxylation is 1. The largest absolute Gasteiger partial charge is 0.319 e. The summed E-state index contributed by atoms with van der Waals surface area (Å²) in [5.41, 5.74) is 7.44. The molecule has 1 atom stereocenters. The molecule has 1 aromatic carbocycles. The van der Waals surface area contributed by atoms with Crippen molar-refractivity contribution in [2.75, 3.05) is 0 Å². The average molecular weight is 312 g/mol. The van der Waals surface area contributed by atoms with Gasteiger partial charge in [0.2, 0.25) is 0 Å². The van der Waals surface area contributed by atoms with Gasteiger partial charge in [-0.25, -0.2) is 4.39 Å². The van der Waals surface area contributed by atoms with E-state index < -0.39 is 6.04 Å². The molecule has 18 heavy (non-hydrogen) atoms. The fourth-order valence-corrected chi connectivity index (χ4v) is 2.30. The highest BCUT2D eigenvalue weighted by molar-refractivity contribution is 9.10. The summed E-state index contributed by atoms with van der Waals surface area (Å²) in [5.74, 6) is -0.296. The number of aromatic nitrogens is 2. The Balaban J connectivity index is 2.38. The van der Waals surface area contributed by atoms with E-state index in [1.54, 1.807) is 18.3 Å². The molecule has 96 valence electrons. The topological polar surface area (TPSA) is 43.8 Å². The Labute approximate surface area is 114 Å². The first-order valence-corrected chi connectivity index (χ1v) is 6.65. The number of hydrogen-bond donors (Lipinski definition) is 1. The smallest absolute Gasteiger partial charge is 0.128 e. The number of hydrogen-bond acceptors (Lipinski definition) is 2. The predicted octanol–water partition coefficient (Wildman–Crippen LogP) is 3.24. The summed E-state index contributed by atoms with van der Waals surface area (Å²) < 4.78 is 16.4. The van der Waals surface area contributed by atoms with Crippen LogP contribution in [0, 0.1) is 5.82 Å². The fourth-order valence-electron chi connectivity index (χ4n) is 1.92. The number of halogens is 2. The Hall–Kier alpha value is -1.20. The summed E-state index contributed by atoms with van der Waals surface area (Å²) >= 11 is 3.33. The van der Waals surface area contributed by atoms with Crippen LogP contribution in [0.15, 0.2) is 34.9 Å². The average Bonchev–Trinajstić information content (AvgIpc) is 2.80. The lowest BCUT2D eigenvalue weighted by atomic mass is 10.0. The van der Waals surface area contributed by atoms with E-state index in [0.717, 1.165) is 23.1 Å². The molecule has 0 aliphatic carbocycles. The second kappa shape index (κ2) is 5.63. The van der Waals surface area contributed by atoms with E-state index in [0.29, 0.717) is 5.56 Å². The van der Waals surface area contributed by atoms with Gasteiger partial charge in [-0.15, -0.1) is 0 Å². The van der Waals surface area contributed by atoms with Gasteiger partial charge in [0, 0.05) is 22.8 Å². The molecule has 1 aromatic heterocycles. The Morgan fingerprint density at radius 1 is 1.44 bits per heavy atom. The Morgan fingerprint density at radius 2 is 2.22 bits per heavy atom. The molecule has 0 spiro atoms. The molecule has 0 saturated carbocycles. The maximum Gasteiger partial charge on any atom is 0.128 e. The third-order valence-corrected chi connectivity index (χ3v) is 3.29. The molecule has 1 heterocycles. The maximum atomic E-state index is 13.8. The summed E-state index contributed by atoms with van der Waals surface area (Å²) in [6, 6.07) is 6.12. The molecule has 0 aliphatic heterocycles. The van der Waals surface area contributed by atoms with Crippen molar-refractivity contribution in [1.82, 2.24) is 9.78 Å². The third-order valence-electron chi connectivity index (χ3n) is 2.80. The van der Waals surface area contributed by atoms with Crippen molar-refractivity contribution in [3.05, 3.63) is 52.0 Å². The van der Waals surface area contributed by atoms with E-state index in [9.17, 15) is 4.39 Å². The summed E-state index contributed by atoms with van der Waals surface area (Å²) in [4.78, 5) is 0. The highest BCUT2D eigenvalue weighted by Gasteiger charge is 2.17. The van der Waals surface area contributed by atoms with E-state index in [-0.39, 0.29) is 5.82 Å². The van der Waals surface area contributed by atoms with Crippen LogP contribution >= 0.6 is 15.9 Å². The van der Waals surface area contributed by atoms with E-state index in [2.05, 4.69) is 28.0 Å². The normalized spacial score (nSPS) is 12.7. The lowest BCUT2D eigenvalue weighted by molar-refractivity contribution is 0.545. The minimum Gasteiger partial charge on any atom is -0.319 e. The van der Waals surface area contributed by atoms with Crippen LogP contribution in [0.5, 0.6) is 0 Å². The highest BCUT2D eigenvalue weighted by Crippen LogP contribution is 2.25. The monoisotopic (exact) mass is 311 g/mol. The summed E-state index contributed by atoms with van der Waals surface area (Å²) in [6.07, 6.45) is 2.66. The van der Waals surface area contributed by atoms with Gasteiger partial charge in [0.05, 0.1) is 11.7 Å². The van der Waals surface area contributed by atoms with Gasteiger partial charge in [-0.2, -0.15) is 5.10 Å². The van der Waals surface area contributed by atoms with E-state index in [1.807, 2.05) is 10.7 Å². The molecule has 0 aliphatic rings. The molecular weight excluding hydrogens is 297 g/mol. The molecule has 3 nitrogen and oxygen atoms in total. The third kappa shape index (κ3) is 2.62. The Morgan fingerprint density at radius 3 is 2.94 bits per heavy atom. The quantitative estimate of drug-likeness (QED) is 0.942. The SMILES string of the molecule is CCCn1nccc1C(N)c1cc(Br)ccc1F. The van der Waals surface area contributed by atoms with Gasteiger partial charge >= 0.3 is 0 Å². The fraction of sp³-hybridized carbons (Fsp3) is 0.308. The van der Waals surface area contributed by atoms with Crippen LogP contribution in [0.4, 0.5) is 4.39 Å². The minimum atomic E-state index is -0.503. The molecule has 0 amide bonds. The lowest BCUT2D eigenvalue weighted by Gasteiger charge is -2.15. The minimum absolute atomic E-state index is 0.296. The maximum absolute atomic E-state index is 13.8. The molecule has 2 N–H and O–H groups in total. The van der Waals surface area contributed by atoms with E-state index >= 15 is 0 Å². The van der Waals surface area contributed by atoms with Crippen molar-refractivity contribution >= 4 is 15.9 Å². The highest BCUT2D eigenvalue weighted by atomic mass is 79.9. The Bertz CT molecular complexity index is 539. The van der Waals surface area contributed by atoms with Gasteiger partial charge < -0.3 is 5.73 Å². The zero-order valence-electron chi connectivity index (χ0n) is 10.1. The summed E-state index contributed by atoms with van der Waals surface area (Å²) in [7, 11) is 0. The molecule has 2 aromatic rings. The van der Waals surface area contributed by atoms with Crippen LogP contribution in [0.1, 0.15) is 30.6 Å². The number of nitrogens with zero attached hydrogens (tertiary/aromatic N) is 2. The van der Waals surface area contributed by atoms with Crippen LogP contribution in [0.3, 0.4) is 0 Å². The van der Waals surface area contributed by atoms with Gasteiger partial charge in [-0.3, -0.25) is 4.68 Å². The van der Waals surface area contributed by atoms with Crippen LogP contribution in [0.2, 0.25) is 0 Å². The first-order chi connectivity index (χ1) is 8.63. The van der Waals surface area contributed by atoms with Crippen molar-refractivity contribution in [2.24, 2.45) is 5.73 Å². The van der Waals surface area contributed by atoms with Gasteiger partial charge in [0.1, 0.15) is 5.82 Å². The first-order valence-electron chi connectivity index (χ1n) is 5.85. The van der Waals surface area contributed by atoms with Crippen LogP contribution in [-0.4, -0.2) is 9.78 Å². The molecular formula is C13H15BrFN3. The predicted molar refractivity (Wildman–Crippen MR) is 72.6 cm³/mol. The number of benzene rings is 1. The first kappa shape index (κ1) is 13.2. The van der Waals surface area contributed by atoms with Gasteiger partial charge in [-0.05, 0) is 30.7 Å².